The van der Waals surface area contributed by atoms with Crippen LogP contribution in [0.1, 0.15) is 23.9 Å². The topological polar surface area (TPSA) is 64.5 Å². The Kier molecular flexibility index (Phi) is 6.44. The standard InChI is InChI=1S/C23H27N3O3/c1-5-29-20-12-10-19(11-13-20)25-23(27)24-15-18-14-16(2)26(17(18)3)21-8-6-7-9-22(21)28-4/h6-14H,5,15H2,1-4H3,(H2,24,25,27). The number of para-hydroxylation sites is 2. The molecule has 1 aromatic heterocycles. The van der Waals surface area contributed by atoms with Gasteiger partial charge >= 0.3 is 6.03 Å². The molecule has 2 aromatic carbocycles. The van der Waals surface area contributed by atoms with Crippen LogP contribution in [-0.2, 0) is 6.54 Å². The Labute approximate surface area is 171 Å². The molecule has 152 valence electrons. The highest BCUT2D eigenvalue weighted by atomic mass is 16.5. The van der Waals surface area contributed by atoms with Gasteiger partial charge in [0.2, 0.25) is 0 Å². The first-order valence-corrected chi connectivity index (χ1v) is 9.62. The lowest BCUT2D eigenvalue weighted by Gasteiger charge is -2.14. The number of carbonyl (C=O) groups is 1. The van der Waals surface area contributed by atoms with Crippen molar-refractivity contribution in [1.82, 2.24) is 9.88 Å². The van der Waals surface area contributed by atoms with Gasteiger partial charge in [0, 0.05) is 23.6 Å². The van der Waals surface area contributed by atoms with Crippen molar-refractivity contribution in [2.24, 2.45) is 0 Å². The number of aromatic nitrogens is 1. The van der Waals surface area contributed by atoms with E-state index in [9.17, 15) is 4.79 Å². The average molecular weight is 393 g/mol. The highest BCUT2D eigenvalue weighted by molar-refractivity contribution is 5.89. The summed E-state index contributed by atoms with van der Waals surface area (Å²) >= 11 is 0. The van der Waals surface area contributed by atoms with E-state index in [4.69, 9.17) is 9.47 Å². The minimum Gasteiger partial charge on any atom is -0.495 e. The molecule has 0 spiro atoms. The molecule has 0 fully saturated rings. The number of anilines is 1. The Hall–Kier alpha value is -3.41. The van der Waals surface area contributed by atoms with E-state index in [1.807, 2.05) is 69.3 Å². The van der Waals surface area contributed by atoms with Crippen LogP contribution in [0.5, 0.6) is 11.5 Å². The largest absolute Gasteiger partial charge is 0.495 e. The summed E-state index contributed by atoms with van der Waals surface area (Å²) in [4.78, 5) is 12.3. The van der Waals surface area contributed by atoms with Gasteiger partial charge in [-0.15, -0.1) is 0 Å². The van der Waals surface area contributed by atoms with Crippen LogP contribution in [0.25, 0.3) is 5.69 Å². The molecule has 0 aliphatic carbocycles. The highest BCUT2D eigenvalue weighted by Crippen LogP contribution is 2.27. The van der Waals surface area contributed by atoms with Gasteiger partial charge in [-0.2, -0.15) is 0 Å². The van der Waals surface area contributed by atoms with Gasteiger partial charge in [0.15, 0.2) is 0 Å². The molecule has 0 aliphatic rings. The maximum atomic E-state index is 12.3. The van der Waals surface area contributed by atoms with Crippen molar-refractivity contribution >= 4 is 11.7 Å². The molecule has 6 nitrogen and oxygen atoms in total. The predicted molar refractivity (Wildman–Crippen MR) is 115 cm³/mol. The van der Waals surface area contributed by atoms with Gasteiger partial charge in [0.1, 0.15) is 11.5 Å². The van der Waals surface area contributed by atoms with Crippen molar-refractivity contribution in [2.45, 2.75) is 27.3 Å². The van der Waals surface area contributed by atoms with Crippen LogP contribution < -0.4 is 20.1 Å². The van der Waals surface area contributed by atoms with Crippen LogP contribution in [0.4, 0.5) is 10.5 Å². The van der Waals surface area contributed by atoms with Crippen LogP contribution in [0.15, 0.2) is 54.6 Å². The number of amides is 2. The monoisotopic (exact) mass is 393 g/mol. The number of methoxy groups -OCH3 is 1. The molecule has 0 aliphatic heterocycles. The van der Waals surface area contributed by atoms with Crippen molar-refractivity contribution < 1.29 is 14.3 Å². The summed E-state index contributed by atoms with van der Waals surface area (Å²) in [6.45, 7) is 7.06. The van der Waals surface area contributed by atoms with Gasteiger partial charge in [0.05, 0.1) is 19.4 Å². The Morgan fingerprint density at radius 1 is 1.07 bits per heavy atom. The predicted octanol–water partition coefficient (Wildman–Crippen LogP) is 4.82. The zero-order valence-electron chi connectivity index (χ0n) is 17.3. The second-order valence-corrected chi connectivity index (χ2v) is 6.67. The van der Waals surface area contributed by atoms with Gasteiger partial charge in [-0.1, -0.05) is 12.1 Å². The molecule has 6 heteroatoms. The average Bonchev–Trinajstić information content (AvgIpc) is 3.01. The van der Waals surface area contributed by atoms with Crippen molar-refractivity contribution in [2.75, 3.05) is 19.0 Å². The minimum absolute atomic E-state index is 0.253. The third-order valence-corrected chi connectivity index (χ3v) is 4.72. The molecule has 3 rings (SSSR count). The summed E-state index contributed by atoms with van der Waals surface area (Å²) in [5, 5.41) is 5.76. The Morgan fingerprint density at radius 2 is 1.79 bits per heavy atom. The molecular formula is C23H27N3O3. The number of carbonyl (C=O) groups excluding carboxylic acids is 1. The number of rotatable bonds is 7. The summed E-state index contributed by atoms with van der Waals surface area (Å²) in [7, 11) is 1.67. The molecule has 0 bridgehead atoms. The smallest absolute Gasteiger partial charge is 0.319 e. The quantitative estimate of drug-likeness (QED) is 0.605. The third kappa shape index (κ3) is 4.71. The first-order chi connectivity index (χ1) is 14.0. The molecule has 29 heavy (non-hydrogen) atoms. The number of hydrogen-bond donors (Lipinski definition) is 2. The zero-order chi connectivity index (χ0) is 20.8. The van der Waals surface area contributed by atoms with E-state index >= 15 is 0 Å². The molecule has 0 saturated carbocycles. The van der Waals surface area contributed by atoms with E-state index in [1.165, 1.54) is 0 Å². The van der Waals surface area contributed by atoms with Gasteiger partial charge < -0.3 is 24.7 Å². The number of nitrogens with zero attached hydrogens (tertiary/aromatic N) is 1. The molecule has 1 heterocycles. The maximum absolute atomic E-state index is 12.3. The summed E-state index contributed by atoms with van der Waals surface area (Å²) in [6, 6.07) is 17.0. The number of nitrogens with one attached hydrogen (secondary N) is 2. The fraction of sp³-hybridized carbons (Fsp3) is 0.261. The lowest BCUT2D eigenvalue weighted by atomic mass is 10.2. The number of aryl methyl sites for hydroxylation is 1. The number of hydrogen-bond acceptors (Lipinski definition) is 3. The molecule has 0 radical (unpaired) electrons. The summed E-state index contributed by atoms with van der Waals surface area (Å²) in [5.74, 6) is 1.59. The van der Waals surface area contributed by atoms with E-state index in [2.05, 4.69) is 21.3 Å². The van der Waals surface area contributed by atoms with Gasteiger partial charge in [-0.3, -0.25) is 0 Å². The highest BCUT2D eigenvalue weighted by Gasteiger charge is 2.14. The fourth-order valence-electron chi connectivity index (χ4n) is 3.35. The van der Waals surface area contributed by atoms with Gasteiger partial charge in [-0.05, 0) is 68.8 Å². The van der Waals surface area contributed by atoms with Crippen LogP contribution in [0.2, 0.25) is 0 Å². The Morgan fingerprint density at radius 3 is 2.48 bits per heavy atom. The molecule has 0 unspecified atom stereocenters. The minimum atomic E-state index is -0.253. The number of urea groups is 1. The molecule has 2 amide bonds. The summed E-state index contributed by atoms with van der Waals surface area (Å²) in [6.07, 6.45) is 0. The second kappa shape index (κ2) is 9.19. The maximum Gasteiger partial charge on any atom is 0.319 e. The van der Waals surface area contributed by atoms with Crippen LogP contribution in [-0.4, -0.2) is 24.3 Å². The lowest BCUT2D eigenvalue weighted by Crippen LogP contribution is -2.28. The van der Waals surface area contributed by atoms with Gasteiger partial charge in [0.25, 0.3) is 0 Å². The lowest BCUT2D eigenvalue weighted by molar-refractivity contribution is 0.251. The van der Waals surface area contributed by atoms with Crippen LogP contribution in [0, 0.1) is 13.8 Å². The van der Waals surface area contributed by atoms with Crippen LogP contribution >= 0.6 is 0 Å². The number of ether oxygens (including phenoxy) is 2. The molecule has 3 aromatic rings. The van der Waals surface area contributed by atoms with E-state index in [0.29, 0.717) is 18.8 Å². The van der Waals surface area contributed by atoms with Gasteiger partial charge in [-0.25, -0.2) is 4.79 Å². The first-order valence-electron chi connectivity index (χ1n) is 9.62. The van der Waals surface area contributed by atoms with E-state index in [-0.39, 0.29) is 6.03 Å². The van der Waals surface area contributed by atoms with Crippen molar-refractivity contribution in [1.29, 1.82) is 0 Å². The second-order valence-electron chi connectivity index (χ2n) is 6.67. The summed E-state index contributed by atoms with van der Waals surface area (Å²) < 4.78 is 13.0. The van der Waals surface area contributed by atoms with E-state index in [1.54, 1.807) is 7.11 Å². The van der Waals surface area contributed by atoms with E-state index < -0.39 is 0 Å². The van der Waals surface area contributed by atoms with E-state index in [0.717, 1.165) is 34.1 Å². The Balaban J connectivity index is 1.67. The fourth-order valence-corrected chi connectivity index (χ4v) is 3.35. The Bertz CT molecular complexity index is 978. The molecule has 2 N–H and O–H groups in total. The zero-order valence-corrected chi connectivity index (χ0v) is 17.3. The van der Waals surface area contributed by atoms with Crippen LogP contribution in [0.3, 0.4) is 0 Å². The van der Waals surface area contributed by atoms with Crippen molar-refractivity contribution in [3.63, 3.8) is 0 Å². The van der Waals surface area contributed by atoms with Crippen molar-refractivity contribution in [3.05, 3.63) is 71.5 Å². The molecular weight excluding hydrogens is 366 g/mol. The normalized spacial score (nSPS) is 10.5. The summed E-state index contributed by atoms with van der Waals surface area (Å²) in [5.41, 5.74) is 4.89. The first kappa shape index (κ1) is 20.3. The molecule has 0 atom stereocenters. The number of benzene rings is 2. The molecule has 0 saturated heterocycles. The SMILES string of the molecule is CCOc1ccc(NC(=O)NCc2cc(C)n(-c3ccccc3OC)c2C)cc1. The van der Waals surface area contributed by atoms with Crippen molar-refractivity contribution in [3.8, 4) is 17.2 Å². The third-order valence-electron chi connectivity index (χ3n) is 4.72.